The van der Waals surface area contributed by atoms with E-state index in [1.54, 1.807) is 24.3 Å². The Morgan fingerprint density at radius 1 is 1.29 bits per heavy atom. The van der Waals surface area contributed by atoms with E-state index in [9.17, 15) is 13.2 Å². The van der Waals surface area contributed by atoms with Gasteiger partial charge in [-0.1, -0.05) is 17.7 Å². The summed E-state index contributed by atoms with van der Waals surface area (Å²) in [6, 6.07) is 6.81. The first-order valence-electron chi connectivity index (χ1n) is 5.58. The minimum atomic E-state index is -3.48. The third kappa shape index (κ3) is 3.56. The molecule has 1 saturated carbocycles. The van der Waals surface area contributed by atoms with E-state index in [0.717, 1.165) is 18.4 Å². The smallest absolute Gasteiger partial charge is 0.264 e. The highest BCUT2D eigenvalue weighted by Gasteiger charge is 2.29. The number of benzene rings is 1. The van der Waals surface area contributed by atoms with Gasteiger partial charge in [0.25, 0.3) is 5.91 Å². The molecule has 1 aromatic carbocycles. The fourth-order valence-corrected chi connectivity index (χ4v) is 2.98. The van der Waals surface area contributed by atoms with Crippen molar-refractivity contribution in [2.45, 2.75) is 19.8 Å². The summed E-state index contributed by atoms with van der Waals surface area (Å²) in [5.41, 5.74) is 1.40. The van der Waals surface area contributed by atoms with Gasteiger partial charge in [0.1, 0.15) is 0 Å². The van der Waals surface area contributed by atoms with E-state index < -0.39 is 15.9 Å². The van der Waals surface area contributed by atoms with Crippen LogP contribution < -0.4 is 4.72 Å². The van der Waals surface area contributed by atoms with E-state index in [1.165, 1.54) is 0 Å². The molecule has 0 unspecified atom stereocenters. The third-order valence-electron chi connectivity index (χ3n) is 2.71. The number of nitrogens with one attached hydrogen (secondary N) is 1. The number of carbonyl (C=O) groups is 1. The molecule has 0 atom stereocenters. The minimum Gasteiger partial charge on any atom is -0.268 e. The molecule has 1 aromatic rings. The molecule has 0 heterocycles. The molecule has 1 aliphatic rings. The molecular weight excluding hydrogens is 238 g/mol. The maximum Gasteiger partial charge on any atom is 0.264 e. The second-order valence-electron chi connectivity index (χ2n) is 4.52. The van der Waals surface area contributed by atoms with Crippen molar-refractivity contribution in [3.05, 3.63) is 35.4 Å². The zero-order valence-electron chi connectivity index (χ0n) is 9.64. The average Bonchev–Trinajstić information content (AvgIpc) is 3.00. The van der Waals surface area contributed by atoms with Crippen LogP contribution in [0.5, 0.6) is 0 Å². The highest BCUT2D eigenvalue weighted by atomic mass is 32.2. The van der Waals surface area contributed by atoms with Crippen molar-refractivity contribution in [1.82, 2.24) is 4.72 Å². The first-order valence-corrected chi connectivity index (χ1v) is 7.23. The molecule has 1 N–H and O–H groups in total. The summed E-state index contributed by atoms with van der Waals surface area (Å²) >= 11 is 0. The summed E-state index contributed by atoms with van der Waals surface area (Å²) in [5, 5.41) is 0. The number of hydrogen-bond acceptors (Lipinski definition) is 3. The van der Waals surface area contributed by atoms with Crippen molar-refractivity contribution in [3.8, 4) is 0 Å². The minimum absolute atomic E-state index is 0.0601. The molecule has 0 radical (unpaired) electrons. The Morgan fingerprint density at radius 3 is 2.41 bits per heavy atom. The molecule has 92 valence electrons. The Balaban J connectivity index is 2.02. The van der Waals surface area contributed by atoms with Crippen LogP contribution >= 0.6 is 0 Å². The van der Waals surface area contributed by atoms with Gasteiger partial charge in [0.15, 0.2) is 0 Å². The summed E-state index contributed by atoms with van der Waals surface area (Å²) in [4.78, 5) is 11.7. The Morgan fingerprint density at radius 2 is 1.88 bits per heavy atom. The van der Waals surface area contributed by atoms with Gasteiger partial charge in [-0.05, 0) is 37.8 Å². The van der Waals surface area contributed by atoms with Crippen LogP contribution in [0.2, 0.25) is 0 Å². The van der Waals surface area contributed by atoms with Gasteiger partial charge >= 0.3 is 0 Å². The van der Waals surface area contributed by atoms with E-state index in [2.05, 4.69) is 4.72 Å². The highest BCUT2D eigenvalue weighted by molar-refractivity contribution is 7.90. The number of aryl methyl sites for hydroxylation is 1. The second kappa shape index (κ2) is 4.49. The van der Waals surface area contributed by atoms with Crippen molar-refractivity contribution < 1.29 is 13.2 Å². The lowest BCUT2D eigenvalue weighted by Gasteiger charge is -2.06. The lowest BCUT2D eigenvalue weighted by Crippen LogP contribution is -2.33. The van der Waals surface area contributed by atoms with Crippen molar-refractivity contribution >= 4 is 15.9 Å². The van der Waals surface area contributed by atoms with Gasteiger partial charge in [-0.2, -0.15) is 0 Å². The number of hydrogen-bond donors (Lipinski definition) is 1. The standard InChI is InChI=1S/C12H15NO3S/c1-9-2-6-11(7-3-9)12(14)13-17(15,16)8-10-4-5-10/h2-3,6-7,10H,4-5,8H2,1H3,(H,13,14). The molecule has 1 amide bonds. The lowest BCUT2D eigenvalue weighted by molar-refractivity contribution is 0.0981. The summed E-state index contributed by atoms with van der Waals surface area (Å²) < 4.78 is 25.3. The van der Waals surface area contributed by atoms with E-state index in [4.69, 9.17) is 0 Å². The SMILES string of the molecule is Cc1ccc(C(=O)NS(=O)(=O)CC2CC2)cc1. The van der Waals surface area contributed by atoms with Gasteiger partial charge in [0, 0.05) is 5.56 Å². The quantitative estimate of drug-likeness (QED) is 0.883. The van der Waals surface area contributed by atoms with Crippen LogP contribution in [0, 0.1) is 12.8 Å². The average molecular weight is 253 g/mol. The van der Waals surface area contributed by atoms with Gasteiger partial charge < -0.3 is 0 Å². The second-order valence-corrected chi connectivity index (χ2v) is 6.29. The van der Waals surface area contributed by atoms with Crippen molar-refractivity contribution in [2.24, 2.45) is 5.92 Å². The van der Waals surface area contributed by atoms with Gasteiger partial charge in [-0.3, -0.25) is 4.79 Å². The Kier molecular flexibility index (Phi) is 3.19. The Labute approximate surface area is 101 Å². The van der Waals surface area contributed by atoms with Crippen LogP contribution in [-0.4, -0.2) is 20.1 Å². The molecular formula is C12H15NO3S. The predicted molar refractivity (Wildman–Crippen MR) is 65.2 cm³/mol. The maximum absolute atomic E-state index is 11.7. The molecule has 4 nitrogen and oxygen atoms in total. The zero-order chi connectivity index (χ0) is 12.5. The summed E-state index contributed by atoms with van der Waals surface area (Å²) in [6.07, 6.45) is 1.89. The van der Waals surface area contributed by atoms with Crippen LogP contribution in [-0.2, 0) is 10.0 Å². The van der Waals surface area contributed by atoms with Crippen LogP contribution in [0.25, 0.3) is 0 Å². The number of sulfonamides is 1. The van der Waals surface area contributed by atoms with Crippen molar-refractivity contribution in [3.63, 3.8) is 0 Å². The van der Waals surface area contributed by atoms with Crippen LogP contribution in [0.4, 0.5) is 0 Å². The highest BCUT2D eigenvalue weighted by Crippen LogP contribution is 2.29. The number of carbonyl (C=O) groups excluding carboxylic acids is 1. The molecule has 0 aliphatic heterocycles. The molecule has 1 aliphatic carbocycles. The van der Waals surface area contributed by atoms with E-state index in [-0.39, 0.29) is 11.7 Å². The molecule has 0 aromatic heterocycles. The van der Waals surface area contributed by atoms with Crippen molar-refractivity contribution in [1.29, 1.82) is 0 Å². The number of rotatable bonds is 4. The largest absolute Gasteiger partial charge is 0.268 e. The Bertz CT molecular complexity index is 515. The molecule has 5 heteroatoms. The van der Waals surface area contributed by atoms with Gasteiger partial charge in [-0.15, -0.1) is 0 Å². The van der Waals surface area contributed by atoms with E-state index in [0.29, 0.717) is 5.56 Å². The lowest BCUT2D eigenvalue weighted by atomic mass is 10.1. The van der Waals surface area contributed by atoms with Crippen LogP contribution in [0.15, 0.2) is 24.3 Å². The first-order chi connectivity index (χ1) is 7.96. The van der Waals surface area contributed by atoms with Crippen LogP contribution in [0.1, 0.15) is 28.8 Å². The normalized spacial score (nSPS) is 15.6. The molecule has 0 spiro atoms. The molecule has 0 bridgehead atoms. The fraction of sp³-hybridized carbons (Fsp3) is 0.417. The van der Waals surface area contributed by atoms with E-state index >= 15 is 0 Å². The molecule has 2 rings (SSSR count). The summed E-state index contributed by atoms with van der Waals surface area (Å²) in [5.74, 6) is -0.256. The molecule has 0 saturated heterocycles. The molecule has 1 fully saturated rings. The monoisotopic (exact) mass is 253 g/mol. The first kappa shape index (κ1) is 12.1. The van der Waals surface area contributed by atoms with Crippen molar-refractivity contribution in [2.75, 3.05) is 5.75 Å². The summed E-state index contributed by atoms with van der Waals surface area (Å²) in [7, 11) is -3.48. The zero-order valence-corrected chi connectivity index (χ0v) is 10.5. The maximum atomic E-state index is 11.7. The van der Waals surface area contributed by atoms with Gasteiger partial charge in [0.2, 0.25) is 10.0 Å². The van der Waals surface area contributed by atoms with Gasteiger partial charge in [0.05, 0.1) is 5.75 Å². The predicted octanol–water partition coefficient (Wildman–Crippen LogP) is 1.46. The van der Waals surface area contributed by atoms with Crippen LogP contribution in [0.3, 0.4) is 0 Å². The number of amides is 1. The fourth-order valence-electron chi connectivity index (χ4n) is 1.54. The molecule has 17 heavy (non-hydrogen) atoms. The Hall–Kier alpha value is -1.36. The third-order valence-corrected chi connectivity index (χ3v) is 4.12. The van der Waals surface area contributed by atoms with E-state index in [1.807, 2.05) is 6.92 Å². The summed E-state index contributed by atoms with van der Waals surface area (Å²) in [6.45, 7) is 1.91. The topological polar surface area (TPSA) is 63.2 Å². The van der Waals surface area contributed by atoms with Gasteiger partial charge in [-0.25, -0.2) is 13.1 Å².